The average molecular weight is 428 g/mol. The Bertz CT molecular complexity index is 874. The molecule has 0 saturated carbocycles. The minimum Gasteiger partial charge on any atom is -0.450 e. The number of hydrogen-bond acceptors (Lipinski definition) is 8. The first-order valence-corrected chi connectivity index (χ1v) is 10.8. The van der Waals surface area contributed by atoms with Crippen molar-refractivity contribution in [1.82, 2.24) is 34.9 Å². The molecule has 2 aliphatic heterocycles. The summed E-state index contributed by atoms with van der Waals surface area (Å²) in [5.74, 6) is 1.60. The molecule has 4 heterocycles. The van der Waals surface area contributed by atoms with Crippen LogP contribution in [0, 0.1) is 5.92 Å². The first-order chi connectivity index (χ1) is 15.1. The Morgan fingerprint density at radius 2 is 1.81 bits per heavy atom. The van der Waals surface area contributed by atoms with E-state index in [-0.39, 0.29) is 24.0 Å². The molecule has 2 aliphatic rings. The molecule has 31 heavy (non-hydrogen) atoms. The van der Waals surface area contributed by atoms with Gasteiger partial charge in [-0.25, -0.2) is 24.4 Å². The van der Waals surface area contributed by atoms with E-state index in [4.69, 9.17) is 4.74 Å². The smallest absolute Gasteiger partial charge is 0.409 e. The summed E-state index contributed by atoms with van der Waals surface area (Å²) in [5.41, 5.74) is 0. The van der Waals surface area contributed by atoms with E-state index < -0.39 is 0 Å². The maximum atomic E-state index is 12.8. The molecule has 2 amide bonds. The van der Waals surface area contributed by atoms with Gasteiger partial charge in [-0.3, -0.25) is 4.79 Å². The molecule has 2 saturated heterocycles. The van der Waals surface area contributed by atoms with Crippen molar-refractivity contribution in [3.63, 3.8) is 0 Å². The summed E-state index contributed by atoms with van der Waals surface area (Å²) in [5, 5.41) is 7.28. The summed E-state index contributed by atoms with van der Waals surface area (Å²) in [4.78, 5) is 41.0. The van der Waals surface area contributed by atoms with Crippen LogP contribution in [0.4, 0.5) is 10.6 Å². The second-order valence-electron chi connectivity index (χ2n) is 7.80. The molecular formula is C20H28N8O3. The van der Waals surface area contributed by atoms with Gasteiger partial charge in [0.15, 0.2) is 5.82 Å². The zero-order chi connectivity index (χ0) is 21.6. The van der Waals surface area contributed by atoms with Crippen molar-refractivity contribution in [1.29, 1.82) is 0 Å². The Labute approximate surface area is 180 Å². The third-order valence-electron chi connectivity index (χ3n) is 5.85. The van der Waals surface area contributed by atoms with Crippen LogP contribution in [0.5, 0.6) is 0 Å². The number of aromatic nitrogens is 5. The minimum absolute atomic E-state index is 0.00374. The Morgan fingerprint density at radius 3 is 2.48 bits per heavy atom. The van der Waals surface area contributed by atoms with Gasteiger partial charge in [0.1, 0.15) is 24.8 Å². The summed E-state index contributed by atoms with van der Waals surface area (Å²) in [6.07, 6.45) is 7.38. The number of nitrogens with one attached hydrogen (secondary N) is 1. The number of ether oxygens (including phenoxy) is 1. The molecule has 4 rings (SSSR count). The van der Waals surface area contributed by atoms with Crippen molar-refractivity contribution in [2.45, 2.75) is 38.6 Å². The summed E-state index contributed by atoms with van der Waals surface area (Å²) >= 11 is 0. The highest BCUT2D eigenvalue weighted by Gasteiger charge is 2.29. The van der Waals surface area contributed by atoms with E-state index in [0.29, 0.717) is 25.5 Å². The first kappa shape index (κ1) is 21.0. The number of likely N-dealkylation sites (tertiary alicyclic amines) is 1. The van der Waals surface area contributed by atoms with E-state index in [0.717, 1.165) is 44.6 Å². The normalized spacial score (nSPS) is 18.1. The fourth-order valence-corrected chi connectivity index (χ4v) is 4.07. The van der Waals surface area contributed by atoms with Crippen LogP contribution in [0.2, 0.25) is 0 Å². The van der Waals surface area contributed by atoms with Gasteiger partial charge in [0.05, 0.1) is 6.61 Å². The van der Waals surface area contributed by atoms with Crippen molar-refractivity contribution in [2.24, 2.45) is 5.92 Å². The number of carbonyl (C=O) groups is 2. The molecule has 0 aromatic carbocycles. The summed E-state index contributed by atoms with van der Waals surface area (Å²) in [6, 6.07) is 2.00. The van der Waals surface area contributed by atoms with Crippen molar-refractivity contribution in [3.05, 3.63) is 25.0 Å². The standard InChI is InChI=1S/C20H28N8O3/c1-2-31-20(30)27-9-5-16(6-10-27)25-19(29)15-3-7-26(8-4-15)17-11-18(23-13-22-17)28-14-21-12-24-28/h11-16H,2-10H2,1H3,(H,25,29). The van der Waals surface area contributed by atoms with Crippen LogP contribution < -0.4 is 10.2 Å². The van der Waals surface area contributed by atoms with E-state index in [1.54, 1.807) is 22.8 Å². The van der Waals surface area contributed by atoms with E-state index in [9.17, 15) is 9.59 Å². The molecule has 166 valence electrons. The zero-order valence-corrected chi connectivity index (χ0v) is 17.7. The van der Waals surface area contributed by atoms with Gasteiger partial charge in [-0.2, -0.15) is 5.10 Å². The van der Waals surface area contributed by atoms with Crippen molar-refractivity contribution in [3.8, 4) is 5.82 Å². The van der Waals surface area contributed by atoms with Gasteiger partial charge in [-0.1, -0.05) is 0 Å². The monoisotopic (exact) mass is 428 g/mol. The Balaban J connectivity index is 1.24. The quantitative estimate of drug-likeness (QED) is 0.750. The average Bonchev–Trinajstić information content (AvgIpc) is 3.35. The van der Waals surface area contributed by atoms with E-state index >= 15 is 0 Å². The number of rotatable bonds is 5. The second-order valence-corrected chi connectivity index (χ2v) is 7.80. The molecule has 2 aromatic rings. The van der Waals surface area contributed by atoms with E-state index in [1.807, 2.05) is 6.07 Å². The molecule has 0 atom stereocenters. The van der Waals surface area contributed by atoms with Crippen LogP contribution in [-0.2, 0) is 9.53 Å². The third-order valence-corrected chi connectivity index (χ3v) is 5.85. The SMILES string of the molecule is CCOC(=O)N1CCC(NC(=O)C2CCN(c3cc(-n4cncn4)ncn3)CC2)CC1. The van der Waals surface area contributed by atoms with Gasteiger partial charge in [0.25, 0.3) is 0 Å². The molecular weight excluding hydrogens is 400 g/mol. The fourth-order valence-electron chi connectivity index (χ4n) is 4.07. The first-order valence-electron chi connectivity index (χ1n) is 10.8. The highest BCUT2D eigenvalue weighted by atomic mass is 16.6. The van der Waals surface area contributed by atoms with Crippen LogP contribution in [0.25, 0.3) is 5.82 Å². The molecule has 0 unspecified atom stereocenters. The van der Waals surface area contributed by atoms with E-state index in [1.165, 1.54) is 12.7 Å². The fraction of sp³-hybridized carbons (Fsp3) is 0.600. The molecule has 2 fully saturated rings. The molecule has 0 aliphatic carbocycles. The largest absolute Gasteiger partial charge is 0.450 e. The summed E-state index contributed by atoms with van der Waals surface area (Å²) < 4.78 is 6.64. The van der Waals surface area contributed by atoms with Crippen LogP contribution >= 0.6 is 0 Å². The van der Waals surface area contributed by atoms with Crippen molar-refractivity contribution in [2.75, 3.05) is 37.7 Å². The lowest BCUT2D eigenvalue weighted by molar-refractivity contribution is -0.126. The predicted octanol–water partition coefficient (Wildman–Crippen LogP) is 1.01. The zero-order valence-electron chi connectivity index (χ0n) is 17.7. The number of anilines is 1. The van der Waals surface area contributed by atoms with Crippen molar-refractivity contribution >= 4 is 17.8 Å². The maximum Gasteiger partial charge on any atom is 0.409 e. The lowest BCUT2D eigenvalue weighted by Crippen LogP contribution is -2.49. The molecule has 0 radical (unpaired) electrons. The van der Waals surface area contributed by atoms with Crippen LogP contribution in [0.15, 0.2) is 25.0 Å². The highest BCUT2D eigenvalue weighted by molar-refractivity contribution is 5.79. The topological polar surface area (TPSA) is 118 Å². The van der Waals surface area contributed by atoms with Gasteiger partial charge >= 0.3 is 6.09 Å². The Kier molecular flexibility index (Phi) is 6.58. The van der Waals surface area contributed by atoms with Gasteiger partial charge in [0.2, 0.25) is 5.91 Å². The van der Waals surface area contributed by atoms with Gasteiger partial charge in [-0.15, -0.1) is 0 Å². The molecule has 11 heteroatoms. The number of hydrogen-bond donors (Lipinski definition) is 1. The number of piperidine rings is 2. The molecule has 1 N–H and O–H groups in total. The van der Waals surface area contributed by atoms with Crippen LogP contribution in [-0.4, -0.2) is 80.5 Å². The van der Waals surface area contributed by atoms with Gasteiger partial charge in [-0.05, 0) is 32.6 Å². The molecule has 0 bridgehead atoms. The highest BCUT2D eigenvalue weighted by Crippen LogP contribution is 2.23. The Morgan fingerprint density at radius 1 is 1.06 bits per heavy atom. The predicted molar refractivity (Wildman–Crippen MR) is 112 cm³/mol. The van der Waals surface area contributed by atoms with Gasteiger partial charge in [0, 0.05) is 44.2 Å². The lowest BCUT2D eigenvalue weighted by atomic mass is 9.94. The number of amides is 2. The van der Waals surface area contributed by atoms with Gasteiger partial charge < -0.3 is 19.9 Å². The maximum absolute atomic E-state index is 12.8. The minimum atomic E-state index is -0.267. The van der Waals surface area contributed by atoms with E-state index in [2.05, 4.69) is 30.3 Å². The van der Waals surface area contributed by atoms with Crippen molar-refractivity contribution < 1.29 is 14.3 Å². The van der Waals surface area contributed by atoms with Crippen LogP contribution in [0.3, 0.4) is 0 Å². The lowest BCUT2D eigenvalue weighted by Gasteiger charge is -2.35. The third kappa shape index (κ3) is 5.09. The Hall–Kier alpha value is -3.24. The van der Waals surface area contributed by atoms with Crippen LogP contribution in [0.1, 0.15) is 32.6 Å². The number of carbonyl (C=O) groups excluding carboxylic acids is 2. The summed E-state index contributed by atoms with van der Waals surface area (Å²) in [7, 11) is 0. The molecule has 11 nitrogen and oxygen atoms in total. The number of nitrogens with zero attached hydrogens (tertiary/aromatic N) is 7. The summed E-state index contributed by atoms with van der Waals surface area (Å²) in [6.45, 7) is 4.93. The second kappa shape index (κ2) is 9.71. The molecule has 2 aromatic heterocycles. The molecule has 0 spiro atoms.